The van der Waals surface area contributed by atoms with Crippen LogP contribution >= 0.6 is 37.9 Å². The second-order valence-corrected chi connectivity index (χ2v) is 2.68. The Balaban J connectivity index is -0.0000000450. The summed E-state index contributed by atoms with van der Waals surface area (Å²) < 4.78 is 0. The third-order valence-electron chi connectivity index (χ3n) is 0.300. The van der Waals surface area contributed by atoms with Crippen molar-refractivity contribution in [2.75, 3.05) is 37.1 Å². The maximum absolute atomic E-state index is 7.80. The molecule has 0 atom stereocenters. The summed E-state index contributed by atoms with van der Waals surface area (Å²) in [5.74, 6) is 1.71. The number of aliphatic hydroxyl groups is 3. The van der Waals surface area contributed by atoms with Gasteiger partial charge in [-0.1, -0.05) is 0 Å². The van der Waals surface area contributed by atoms with E-state index < -0.39 is 0 Å². The average molecular weight is 356 g/mol. The molecule has 0 aromatic heterocycles. The molecule has 0 fully saturated rings. The number of thiol groups is 3. The molecule has 0 saturated carbocycles. The Morgan fingerprint density at radius 2 is 0.692 bits per heavy atom. The van der Waals surface area contributed by atoms with Gasteiger partial charge in [-0.2, -0.15) is 37.9 Å². The Morgan fingerprint density at radius 3 is 0.692 bits per heavy atom. The van der Waals surface area contributed by atoms with Gasteiger partial charge in [0, 0.05) is 41.7 Å². The normalized spacial score (nSPS) is 6.92. The van der Waals surface area contributed by atoms with Crippen molar-refractivity contribution in [2.45, 2.75) is 0 Å². The quantitative estimate of drug-likeness (QED) is 0.301. The second-order valence-electron chi connectivity index (χ2n) is 1.34. The summed E-state index contributed by atoms with van der Waals surface area (Å²) >= 11 is 11.0. The molecule has 0 aromatic carbocycles. The molecule has 0 saturated heterocycles. The van der Waals surface area contributed by atoms with Crippen LogP contribution in [0.3, 0.4) is 0 Å². The molecular weight excluding hydrogens is 338 g/mol. The standard InChI is InChI=1S/3C2H6OS.Sb/c3*3-1-2-4;/h3*3-4H,1-2H2;. The van der Waals surface area contributed by atoms with Crippen LogP contribution in [-0.4, -0.2) is 76.8 Å². The molecular formula is C6H18O3S3Sb. The Kier molecular flexibility index (Phi) is 69.1. The summed E-state index contributed by atoms with van der Waals surface area (Å²) in [7, 11) is 0. The van der Waals surface area contributed by atoms with E-state index in [1.165, 1.54) is 0 Å². The number of aliphatic hydroxyl groups excluding tert-OH is 3. The molecule has 3 N–H and O–H groups in total. The van der Waals surface area contributed by atoms with Gasteiger partial charge in [-0.25, -0.2) is 0 Å². The van der Waals surface area contributed by atoms with Gasteiger partial charge < -0.3 is 15.3 Å². The van der Waals surface area contributed by atoms with Gasteiger partial charge in [-0.3, -0.25) is 0 Å². The summed E-state index contributed by atoms with van der Waals surface area (Å²) in [5, 5.41) is 23.4. The predicted octanol–water partition coefficient (Wildman–Crippen LogP) is -0.655. The van der Waals surface area contributed by atoms with Crippen molar-refractivity contribution >= 4 is 62.3 Å². The summed E-state index contributed by atoms with van der Waals surface area (Å²) in [6, 6.07) is 0. The fourth-order valence-corrected chi connectivity index (χ4v) is 0. The largest absolute Gasteiger partial charge is 0.396 e. The minimum absolute atomic E-state index is 0. The van der Waals surface area contributed by atoms with E-state index in [-0.39, 0.29) is 44.2 Å². The van der Waals surface area contributed by atoms with Crippen molar-refractivity contribution < 1.29 is 15.3 Å². The fraction of sp³-hybridized carbons (Fsp3) is 1.00. The zero-order chi connectivity index (χ0) is 10.2. The van der Waals surface area contributed by atoms with Crippen LogP contribution in [0.15, 0.2) is 0 Å². The summed E-state index contributed by atoms with van der Waals surface area (Å²) in [6.07, 6.45) is 0. The van der Waals surface area contributed by atoms with Gasteiger partial charge in [0.1, 0.15) is 0 Å². The SMILES string of the molecule is OCCS.OCCS.OCCS.[Sb]. The van der Waals surface area contributed by atoms with Gasteiger partial charge >= 0.3 is 0 Å². The topological polar surface area (TPSA) is 60.7 Å². The van der Waals surface area contributed by atoms with Crippen LogP contribution in [0.2, 0.25) is 0 Å². The summed E-state index contributed by atoms with van der Waals surface area (Å²) in [6.45, 7) is 0.551. The van der Waals surface area contributed by atoms with Gasteiger partial charge in [0.05, 0.1) is 19.8 Å². The molecule has 0 aliphatic rings. The number of rotatable bonds is 3. The zero-order valence-corrected chi connectivity index (χ0v) is 12.6. The van der Waals surface area contributed by atoms with E-state index in [4.69, 9.17) is 15.3 Å². The Morgan fingerprint density at radius 1 is 0.615 bits per heavy atom. The van der Waals surface area contributed by atoms with E-state index in [1.807, 2.05) is 0 Å². The van der Waals surface area contributed by atoms with Crippen molar-refractivity contribution in [3.8, 4) is 0 Å². The minimum atomic E-state index is 0. The minimum Gasteiger partial charge on any atom is -0.396 e. The van der Waals surface area contributed by atoms with E-state index in [0.29, 0.717) is 17.3 Å². The van der Waals surface area contributed by atoms with Crippen molar-refractivity contribution in [1.29, 1.82) is 0 Å². The van der Waals surface area contributed by atoms with Crippen LogP contribution < -0.4 is 0 Å². The third-order valence-corrected chi connectivity index (χ3v) is 0.900. The molecule has 83 valence electrons. The average Bonchev–Trinajstić information content (AvgIpc) is 2.18. The van der Waals surface area contributed by atoms with Crippen LogP contribution in [0.4, 0.5) is 0 Å². The number of hydrogen-bond donors (Lipinski definition) is 6. The van der Waals surface area contributed by atoms with Crippen LogP contribution in [-0.2, 0) is 0 Å². The maximum Gasteiger partial charge on any atom is 0.0519 e. The molecule has 0 aliphatic heterocycles. The van der Waals surface area contributed by atoms with E-state index in [2.05, 4.69) is 37.9 Å². The third kappa shape index (κ3) is 84.2. The van der Waals surface area contributed by atoms with Gasteiger partial charge in [0.2, 0.25) is 0 Å². The van der Waals surface area contributed by atoms with E-state index in [0.717, 1.165) is 0 Å². The molecule has 0 amide bonds. The molecule has 3 nitrogen and oxygen atoms in total. The maximum atomic E-state index is 7.80. The molecule has 7 heteroatoms. The molecule has 0 rings (SSSR count). The van der Waals surface area contributed by atoms with Crippen molar-refractivity contribution in [3.05, 3.63) is 0 Å². The fourth-order valence-electron chi connectivity index (χ4n) is 0. The van der Waals surface area contributed by atoms with E-state index in [1.54, 1.807) is 0 Å². The monoisotopic (exact) mass is 355 g/mol. The van der Waals surface area contributed by atoms with Crippen LogP contribution in [0.5, 0.6) is 0 Å². The van der Waals surface area contributed by atoms with Gasteiger partial charge in [-0.05, 0) is 0 Å². The molecule has 0 aliphatic carbocycles. The van der Waals surface area contributed by atoms with Crippen LogP contribution in [0.1, 0.15) is 0 Å². The second kappa shape index (κ2) is 37.2. The van der Waals surface area contributed by atoms with Crippen molar-refractivity contribution in [1.82, 2.24) is 0 Å². The number of hydrogen-bond acceptors (Lipinski definition) is 6. The molecule has 3 radical (unpaired) electrons. The molecule has 0 aromatic rings. The first-order chi connectivity index (χ1) is 5.74. The van der Waals surface area contributed by atoms with Gasteiger partial charge in [-0.15, -0.1) is 0 Å². The van der Waals surface area contributed by atoms with Crippen molar-refractivity contribution in [3.63, 3.8) is 0 Å². The van der Waals surface area contributed by atoms with Gasteiger partial charge in [0.15, 0.2) is 0 Å². The first-order valence-corrected chi connectivity index (χ1v) is 5.29. The van der Waals surface area contributed by atoms with E-state index >= 15 is 0 Å². The van der Waals surface area contributed by atoms with Crippen LogP contribution in [0, 0.1) is 0 Å². The Hall–Kier alpha value is 1.75. The Labute approximate surface area is 114 Å². The van der Waals surface area contributed by atoms with Crippen LogP contribution in [0.25, 0.3) is 0 Å². The van der Waals surface area contributed by atoms with E-state index in [9.17, 15) is 0 Å². The molecule has 0 unspecified atom stereocenters. The first kappa shape index (κ1) is 24.1. The summed E-state index contributed by atoms with van der Waals surface area (Å²) in [5.41, 5.74) is 0. The first-order valence-electron chi connectivity index (χ1n) is 3.40. The Bertz CT molecular complexity index is 38.6. The zero-order valence-electron chi connectivity index (χ0n) is 7.37. The van der Waals surface area contributed by atoms with Gasteiger partial charge in [0.25, 0.3) is 0 Å². The molecule has 0 heterocycles. The smallest absolute Gasteiger partial charge is 0.0519 e. The predicted molar refractivity (Wildman–Crippen MR) is 68.6 cm³/mol. The molecule has 0 bridgehead atoms. The summed E-state index contributed by atoms with van der Waals surface area (Å²) in [4.78, 5) is 0. The molecule has 13 heavy (non-hydrogen) atoms. The van der Waals surface area contributed by atoms with Crippen molar-refractivity contribution in [2.24, 2.45) is 0 Å². The molecule has 0 spiro atoms.